The van der Waals surface area contributed by atoms with Crippen LogP contribution in [0.5, 0.6) is 0 Å². The molecule has 98 valence electrons. The van der Waals surface area contributed by atoms with E-state index >= 15 is 0 Å². The Bertz CT molecular complexity index is 260. The Morgan fingerprint density at radius 3 is 2.82 bits per heavy atom. The van der Waals surface area contributed by atoms with E-state index in [4.69, 9.17) is 4.74 Å². The van der Waals surface area contributed by atoms with Crippen molar-refractivity contribution in [3.63, 3.8) is 0 Å². The van der Waals surface area contributed by atoms with Crippen LogP contribution in [0.3, 0.4) is 0 Å². The number of hydrogen-bond acceptors (Lipinski definition) is 3. The third kappa shape index (κ3) is 4.18. The van der Waals surface area contributed by atoms with E-state index < -0.39 is 0 Å². The second-order valence-corrected chi connectivity index (χ2v) is 5.78. The minimum Gasteiger partial charge on any atom is -0.378 e. The van der Waals surface area contributed by atoms with E-state index in [1.165, 1.54) is 12.8 Å². The molecule has 0 spiro atoms. The van der Waals surface area contributed by atoms with Crippen molar-refractivity contribution in [1.82, 2.24) is 5.32 Å². The molecule has 1 N–H and O–H groups in total. The first-order valence-corrected chi connectivity index (χ1v) is 7.37. The molecule has 1 atom stereocenters. The summed E-state index contributed by atoms with van der Waals surface area (Å²) in [5.41, 5.74) is 0.231. The van der Waals surface area contributed by atoms with Crippen LogP contribution in [-0.4, -0.2) is 30.9 Å². The van der Waals surface area contributed by atoms with Crippen molar-refractivity contribution in [1.29, 1.82) is 0 Å². The van der Waals surface area contributed by atoms with Gasteiger partial charge in [0.2, 0.25) is 5.91 Å². The maximum Gasteiger partial charge on any atom is 0.220 e. The van der Waals surface area contributed by atoms with Gasteiger partial charge in [0.15, 0.2) is 0 Å². The summed E-state index contributed by atoms with van der Waals surface area (Å²) in [6, 6.07) is 0. The molecule has 0 radical (unpaired) electrons. The molecule has 1 aliphatic heterocycles. The summed E-state index contributed by atoms with van der Waals surface area (Å²) in [5.74, 6) is 1.03. The Labute approximate surface area is 109 Å². The predicted molar refractivity (Wildman–Crippen MR) is 71.4 cm³/mol. The van der Waals surface area contributed by atoms with Crippen LogP contribution in [0.15, 0.2) is 0 Å². The first-order valence-electron chi connectivity index (χ1n) is 6.73. The van der Waals surface area contributed by atoms with Gasteiger partial charge in [-0.1, -0.05) is 0 Å². The predicted octanol–water partition coefficient (Wildman–Crippen LogP) is 2.16. The summed E-state index contributed by atoms with van der Waals surface area (Å²) in [6.07, 6.45) is 7.90. The van der Waals surface area contributed by atoms with Gasteiger partial charge in [-0.2, -0.15) is 12.6 Å². The van der Waals surface area contributed by atoms with Crippen molar-refractivity contribution >= 4 is 18.5 Å². The van der Waals surface area contributed by atoms with Crippen molar-refractivity contribution in [2.24, 2.45) is 5.41 Å². The largest absolute Gasteiger partial charge is 0.378 e. The van der Waals surface area contributed by atoms with Gasteiger partial charge in [-0.25, -0.2) is 0 Å². The zero-order chi connectivity index (χ0) is 12.1. The zero-order valence-corrected chi connectivity index (χ0v) is 11.3. The smallest absolute Gasteiger partial charge is 0.220 e. The van der Waals surface area contributed by atoms with Crippen LogP contribution in [0.1, 0.15) is 44.9 Å². The minimum atomic E-state index is 0.187. The lowest BCUT2D eigenvalue weighted by atomic mass is 10.0. The number of rotatable bonds is 6. The lowest BCUT2D eigenvalue weighted by Gasteiger charge is -2.22. The second kappa shape index (κ2) is 6.10. The molecule has 1 aliphatic carbocycles. The Balaban J connectivity index is 1.56. The fourth-order valence-electron chi connectivity index (χ4n) is 2.38. The third-order valence-electron chi connectivity index (χ3n) is 3.89. The molecule has 1 saturated heterocycles. The van der Waals surface area contributed by atoms with Gasteiger partial charge in [-0.3, -0.25) is 4.79 Å². The molecule has 3 nitrogen and oxygen atoms in total. The van der Waals surface area contributed by atoms with E-state index in [0.717, 1.165) is 44.6 Å². The van der Waals surface area contributed by atoms with Gasteiger partial charge in [0, 0.05) is 19.6 Å². The average molecular weight is 257 g/mol. The second-order valence-electron chi connectivity index (χ2n) is 5.46. The molecule has 0 aromatic rings. The van der Waals surface area contributed by atoms with Crippen LogP contribution in [0.25, 0.3) is 0 Å². The molecule has 0 aromatic heterocycles. The van der Waals surface area contributed by atoms with E-state index in [2.05, 4.69) is 17.9 Å². The first-order chi connectivity index (χ1) is 8.24. The quantitative estimate of drug-likeness (QED) is 0.716. The Morgan fingerprint density at radius 2 is 2.24 bits per heavy atom. The van der Waals surface area contributed by atoms with Gasteiger partial charge in [-0.05, 0) is 49.7 Å². The van der Waals surface area contributed by atoms with Gasteiger partial charge in [0.25, 0.3) is 0 Å². The Hall–Kier alpha value is -0.220. The number of carbonyl (C=O) groups is 1. The van der Waals surface area contributed by atoms with Gasteiger partial charge in [-0.15, -0.1) is 0 Å². The number of ether oxygens (including phenoxy) is 1. The standard InChI is InChI=1S/C13H23NO2S/c15-12(9-13(10-17)5-6-13)14-7-4-11-3-1-2-8-16-11/h11,17H,1-10H2,(H,14,15). The Kier molecular flexibility index (Phi) is 4.74. The first kappa shape index (κ1) is 13.2. The fraction of sp³-hybridized carbons (Fsp3) is 0.923. The van der Waals surface area contributed by atoms with Gasteiger partial charge in [0.1, 0.15) is 0 Å². The molecule has 1 saturated carbocycles. The Morgan fingerprint density at radius 1 is 1.41 bits per heavy atom. The molecule has 2 fully saturated rings. The highest BCUT2D eigenvalue weighted by molar-refractivity contribution is 7.80. The molecule has 0 bridgehead atoms. The summed E-state index contributed by atoms with van der Waals surface area (Å²) in [6.45, 7) is 1.65. The van der Waals surface area contributed by atoms with Crippen LogP contribution < -0.4 is 5.32 Å². The van der Waals surface area contributed by atoms with E-state index in [-0.39, 0.29) is 11.3 Å². The molecule has 1 heterocycles. The van der Waals surface area contributed by atoms with E-state index in [9.17, 15) is 4.79 Å². The lowest BCUT2D eigenvalue weighted by molar-refractivity contribution is -0.122. The molecule has 2 rings (SSSR count). The number of thiol groups is 1. The van der Waals surface area contributed by atoms with Crippen molar-refractivity contribution in [2.75, 3.05) is 18.9 Å². The highest BCUT2D eigenvalue weighted by Gasteiger charge is 2.42. The molecular formula is C13H23NO2S. The molecule has 4 heteroatoms. The summed E-state index contributed by atoms with van der Waals surface area (Å²) in [4.78, 5) is 11.7. The summed E-state index contributed by atoms with van der Waals surface area (Å²) in [7, 11) is 0. The summed E-state index contributed by atoms with van der Waals surface area (Å²) >= 11 is 4.31. The molecule has 2 aliphatic rings. The monoisotopic (exact) mass is 257 g/mol. The number of amides is 1. The van der Waals surface area contributed by atoms with E-state index in [0.29, 0.717) is 12.5 Å². The molecule has 0 aromatic carbocycles. The molecule has 1 amide bonds. The maximum absolute atomic E-state index is 11.7. The van der Waals surface area contributed by atoms with Crippen LogP contribution in [0, 0.1) is 5.41 Å². The van der Waals surface area contributed by atoms with Crippen molar-refractivity contribution in [3.8, 4) is 0 Å². The maximum atomic E-state index is 11.7. The van der Waals surface area contributed by atoms with Crippen LogP contribution in [-0.2, 0) is 9.53 Å². The topological polar surface area (TPSA) is 38.3 Å². The molecule has 1 unspecified atom stereocenters. The van der Waals surface area contributed by atoms with Crippen LogP contribution in [0.2, 0.25) is 0 Å². The average Bonchev–Trinajstić information content (AvgIpc) is 3.11. The van der Waals surface area contributed by atoms with Gasteiger partial charge < -0.3 is 10.1 Å². The number of hydrogen-bond donors (Lipinski definition) is 2. The van der Waals surface area contributed by atoms with Crippen molar-refractivity contribution in [2.45, 2.75) is 51.0 Å². The third-order valence-corrected chi connectivity index (χ3v) is 4.56. The fourth-order valence-corrected chi connectivity index (χ4v) is 2.81. The minimum absolute atomic E-state index is 0.187. The van der Waals surface area contributed by atoms with E-state index in [1.54, 1.807) is 0 Å². The highest BCUT2D eigenvalue weighted by atomic mass is 32.1. The van der Waals surface area contributed by atoms with Crippen molar-refractivity contribution in [3.05, 3.63) is 0 Å². The zero-order valence-electron chi connectivity index (χ0n) is 10.4. The SMILES string of the molecule is O=C(CC1(CS)CC1)NCCC1CCCCO1. The highest BCUT2D eigenvalue weighted by Crippen LogP contribution is 2.49. The lowest BCUT2D eigenvalue weighted by Crippen LogP contribution is -2.31. The van der Waals surface area contributed by atoms with Gasteiger partial charge in [0.05, 0.1) is 6.10 Å². The van der Waals surface area contributed by atoms with Crippen molar-refractivity contribution < 1.29 is 9.53 Å². The van der Waals surface area contributed by atoms with Gasteiger partial charge >= 0.3 is 0 Å². The molecular weight excluding hydrogens is 234 g/mol. The van der Waals surface area contributed by atoms with Crippen LogP contribution in [0.4, 0.5) is 0 Å². The van der Waals surface area contributed by atoms with E-state index in [1.807, 2.05) is 0 Å². The number of carbonyl (C=O) groups excluding carboxylic acids is 1. The summed E-state index contributed by atoms with van der Waals surface area (Å²) in [5, 5.41) is 3.01. The molecule has 17 heavy (non-hydrogen) atoms. The van der Waals surface area contributed by atoms with Crippen LogP contribution >= 0.6 is 12.6 Å². The normalized spacial score (nSPS) is 26.5. The summed E-state index contributed by atoms with van der Waals surface area (Å²) < 4.78 is 5.63. The number of nitrogens with one attached hydrogen (secondary N) is 1.